The summed E-state index contributed by atoms with van der Waals surface area (Å²) in [5, 5.41) is 0.516. The summed E-state index contributed by atoms with van der Waals surface area (Å²) in [5.41, 5.74) is -1.24. The van der Waals surface area contributed by atoms with E-state index >= 15 is 4.39 Å². The van der Waals surface area contributed by atoms with Gasteiger partial charge in [-0.3, -0.25) is 4.79 Å². The third kappa shape index (κ3) is 6.35. The number of esters is 2. The average Bonchev–Trinajstić information content (AvgIpc) is 2.85. The van der Waals surface area contributed by atoms with Crippen LogP contribution in [-0.4, -0.2) is 28.2 Å². The van der Waals surface area contributed by atoms with Gasteiger partial charge in [0.1, 0.15) is 17.0 Å². The summed E-state index contributed by atoms with van der Waals surface area (Å²) < 4.78 is 27.7. The Morgan fingerprint density at radius 1 is 1.10 bits per heavy atom. The molecule has 3 aromatic rings. The Morgan fingerprint density at radius 3 is 2.33 bits per heavy atom. The predicted octanol–water partition coefficient (Wildman–Crippen LogP) is 7.09. The molecule has 0 aliphatic rings. The molecule has 0 aliphatic heterocycles. The van der Waals surface area contributed by atoms with Crippen molar-refractivity contribution in [3.05, 3.63) is 79.3 Å². The Morgan fingerprint density at radius 2 is 1.77 bits per heavy atom. The van der Waals surface area contributed by atoms with Gasteiger partial charge in [0.25, 0.3) is 0 Å². The van der Waals surface area contributed by atoms with Crippen molar-refractivity contribution in [2.24, 2.45) is 0 Å². The van der Waals surface area contributed by atoms with E-state index in [0.29, 0.717) is 22.8 Å². The fourth-order valence-electron chi connectivity index (χ4n) is 4.12. The molecule has 6 nitrogen and oxygen atoms in total. The number of carbonyl (C=O) groups is 2. The van der Waals surface area contributed by atoms with Crippen LogP contribution < -0.4 is 5.43 Å². The van der Waals surface area contributed by atoms with Crippen LogP contribution in [0.3, 0.4) is 0 Å². The molecule has 0 saturated heterocycles. The Hall–Kier alpha value is -3.60. The molecular formula is C30H28Cl2FNO5. The van der Waals surface area contributed by atoms with Crippen molar-refractivity contribution < 1.29 is 23.5 Å². The van der Waals surface area contributed by atoms with E-state index < -0.39 is 34.9 Å². The van der Waals surface area contributed by atoms with Crippen molar-refractivity contribution >= 4 is 35.1 Å². The monoisotopic (exact) mass is 571 g/mol. The molecule has 39 heavy (non-hydrogen) atoms. The van der Waals surface area contributed by atoms with Crippen molar-refractivity contribution in [1.29, 1.82) is 0 Å². The largest absolute Gasteiger partial charge is 0.456 e. The van der Waals surface area contributed by atoms with Crippen LogP contribution in [-0.2, 0) is 16.0 Å². The van der Waals surface area contributed by atoms with E-state index in [9.17, 15) is 14.4 Å². The van der Waals surface area contributed by atoms with Gasteiger partial charge in [0.05, 0.1) is 26.9 Å². The van der Waals surface area contributed by atoms with E-state index in [-0.39, 0.29) is 33.0 Å². The molecule has 1 unspecified atom stereocenters. The summed E-state index contributed by atoms with van der Waals surface area (Å²) in [6, 6.07) is 8.23. The number of halogens is 3. The Kier molecular flexibility index (Phi) is 8.94. The molecule has 1 aromatic heterocycles. The molecule has 0 aliphatic carbocycles. The van der Waals surface area contributed by atoms with Crippen molar-refractivity contribution in [3.63, 3.8) is 0 Å². The van der Waals surface area contributed by atoms with Gasteiger partial charge in [0.15, 0.2) is 6.10 Å². The summed E-state index contributed by atoms with van der Waals surface area (Å²) in [5.74, 6) is -0.157. The van der Waals surface area contributed by atoms with Crippen LogP contribution in [0.4, 0.5) is 4.39 Å². The number of pyridine rings is 1. The molecule has 0 spiro atoms. The van der Waals surface area contributed by atoms with Gasteiger partial charge in [0, 0.05) is 23.4 Å². The van der Waals surface area contributed by atoms with E-state index in [1.54, 1.807) is 50.5 Å². The van der Waals surface area contributed by atoms with Crippen LogP contribution in [0.2, 0.25) is 10.0 Å². The zero-order chi connectivity index (χ0) is 29.2. The smallest absolute Gasteiger partial charge is 0.344 e. The second-order valence-electron chi connectivity index (χ2n) is 9.80. The van der Waals surface area contributed by atoms with Gasteiger partial charge in [-0.15, -0.1) is 6.42 Å². The zero-order valence-electron chi connectivity index (χ0n) is 22.4. The molecule has 204 valence electrons. The first-order valence-electron chi connectivity index (χ1n) is 12.1. The summed E-state index contributed by atoms with van der Waals surface area (Å²) in [7, 11) is 0. The number of terminal acetylenes is 1. The van der Waals surface area contributed by atoms with Crippen LogP contribution in [0.5, 0.6) is 0 Å². The second-order valence-corrected chi connectivity index (χ2v) is 10.6. The maximum atomic E-state index is 15.3. The first-order chi connectivity index (χ1) is 18.2. The minimum absolute atomic E-state index is 0.0114. The van der Waals surface area contributed by atoms with E-state index in [1.807, 2.05) is 6.92 Å². The number of aromatic nitrogens is 1. The predicted molar refractivity (Wildman–Crippen MR) is 151 cm³/mol. The standard InChI is InChI=1S/C30H28Cl2FNO5/c1-8-16(3)38-28(36)19-11-13-23(33)20(14-19)24-17(4)34(9-2)26(18-10-12-21(31)22(32)15-18)25(27(24)35)29(37)39-30(5,6)7/h1,10-16H,9H2,2-7H3. The van der Waals surface area contributed by atoms with Gasteiger partial charge in [0.2, 0.25) is 5.43 Å². The lowest BCUT2D eigenvalue weighted by Crippen LogP contribution is -2.31. The van der Waals surface area contributed by atoms with Gasteiger partial charge in [-0.25, -0.2) is 14.0 Å². The van der Waals surface area contributed by atoms with Gasteiger partial charge in [-0.05, 0) is 71.9 Å². The number of rotatable bonds is 6. The first kappa shape index (κ1) is 29.9. The lowest BCUT2D eigenvalue weighted by Gasteiger charge is -2.25. The van der Waals surface area contributed by atoms with E-state index in [1.165, 1.54) is 19.1 Å². The third-order valence-electron chi connectivity index (χ3n) is 5.83. The minimum atomic E-state index is -0.927. The zero-order valence-corrected chi connectivity index (χ0v) is 24.0. The van der Waals surface area contributed by atoms with Gasteiger partial charge in [-0.2, -0.15) is 0 Å². The molecule has 0 radical (unpaired) electrons. The first-order valence-corrected chi connectivity index (χ1v) is 12.9. The van der Waals surface area contributed by atoms with Crippen molar-refractivity contribution in [2.45, 2.75) is 59.8 Å². The highest BCUT2D eigenvalue weighted by atomic mass is 35.5. The number of hydrogen-bond acceptors (Lipinski definition) is 5. The lowest BCUT2D eigenvalue weighted by atomic mass is 9.94. The molecule has 0 amide bonds. The summed E-state index contributed by atoms with van der Waals surface area (Å²) in [4.78, 5) is 40.2. The van der Waals surface area contributed by atoms with Crippen LogP contribution >= 0.6 is 23.2 Å². The maximum absolute atomic E-state index is 15.3. The molecule has 0 N–H and O–H groups in total. The van der Waals surface area contributed by atoms with Gasteiger partial charge in [-0.1, -0.05) is 35.2 Å². The fraction of sp³-hybridized carbons (Fsp3) is 0.300. The van der Waals surface area contributed by atoms with Crippen LogP contribution in [0.15, 0.2) is 41.2 Å². The molecule has 0 bridgehead atoms. The van der Waals surface area contributed by atoms with E-state index in [0.717, 1.165) is 6.07 Å². The molecular weight excluding hydrogens is 544 g/mol. The van der Waals surface area contributed by atoms with Crippen molar-refractivity contribution in [3.8, 4) is 34.7 Å². The number of nitrogens with zero attached hydrogens (tertiary/aromatic N) is 1. The normalized spacial score (nSPS) is 12.0. The SMILES string of the molecule is C#CC(C)OC(=O)c1ccc(F)c(-c2c(C)n(CC)c(-c3ccc(Cl)c(Cl)c3)c(C(=O)OC(C)(C)C)c2=O)c1. The van der Waals surface area contributed by atoms with Crippen LogP contribution in [0, 0.1) is 25.1 Å². The highest BCUT2D eigenvalue weighted by molar-refractivity contribution is 6.42. The molecule has 0 fully saturated rings. The summed E-state index contributed by atoms with van der Waals surface area (Å²) >= 11 is 12.4. The molecule has 2 aromatic carbocycles. The lowest BCUT2D eigenvalue weighted by molar-refractivity contribution is 0.00679. The maximum Gasteiger partial charge on any atom is 0.344 e. The van der Waals surface area contributed by atoms with Gasteiger partial charge >= 0.3 is 11.9 Å². The van der Waals surface area contributed by atoms with Gasteiger partial charge < -0.3 is 14.0 Å². The highest BCUT2D eigenvalue weighted by Crippen LogP contribution is 2.34. The van der Waals surface area contributed by atoms with Crippen LogP contribution in [0.25, 0.3) is 22.4 Å². The third-order valence-corrected chi connectivity index (χ3v) is 6.57. The number of ether oxygens (including phenoxy) is 2. The molecule has 0 saturated carbocycles. The number of hydrogen-bond donors (Lipinski definition) is 0. The molecule has 1 atom stereocenters. The average molecular weight is 572 g/mol. The quantitative estimate of drug-likeness (QED) is 0.233. The Bertz CT molecular complexity index is 1560. The van der Waals surface area contributed by atoms with Crippen molar-refractivity contribution in [2.75, 3.05) is 0 Å². The minimum Gasteiger partial charge on any atom is -0.456 e. The Balaban J connectivity index is 2.42. The van der Waals surface area contributed by atoms with E-state index in [4.69, 9.17) is 39.1 Å². The second kappa shape index (κ2) is 11.6. The number of benzene rings is 2. The van der Waals surface area contributed by atoms with Crippen molar-refractivity contribution in [1.82, 2.24) is 4.57 Å². The van der Waals surface area contributed by atoms with E-state index in [2.05, 4.69) is 5.92 Å². The Labute approximate surface area is 236 Å². The fourth-order valence-corrected chi connectivity index (χ4v) is 4.41. The number of carbonyl (C=O) groups excluding carboxylic acids is 2. The van der Waals surface area contributed by atoms with Crippen LogP contribution in [0.1, 0.15) is 61.0 Å². The summed E-state index contributed by atoms with van der Waals surface area (Å²) in [6.45, 7) is 10.3. The summed E-state index contributed by atoms with van der Waals surface area (Å²) in [6.07, 6.45) is 4.48. The molecule has 3 rings (SSSR count). The topological polar surface area (TPSA) is 74.6 Å². The molecule has 1 heterocycles. The molecule has 9 heteroatoms. The highest BCUT2D eigenvalue weighted by Gasteiger charge is 2.30.